The topological polar surface area (TPSA) is 133 Å². The van der Waals surface area contributed by atoms with Crippen LogP contribution in [0.2, 0.25) is 0 Å². The number of para-hydroxylation sites is 1. The lowest BCUT2D eigenvalue weighted by atomic mass is 9.72. The van der Waals surface area contributed by atoms with E-state index in [4.69, 9.17) is 0 Å². The number of pyridine rings is 1. The van der Waals surface area contributed by atoms with Gasteiger partial charge in [0.15, 0.2) is 0 Å². The van der Waals surface area contributed by atoms with Gasteiger partial charge in [0.1, 0.15) is 17.2 Å². The normalized spacial score (nSPS) is 24.7. The molecule has 0 spiro atoms. The number of aliphatic hydroxyl groups is 1. The lowest BCUT2D eigenvalue weighted by Gasteiger charge is -2.42. The monoisotopic (exact) mass is 482 g/mol. The van der Waals surface area contributed by atoms with Crippen molar-refractivity contribution in [1.29, 1.82) is 0 Å². The van der Waals surface area contributed by atoms with Crippen LogP contribution in [0.4, 0.5) is 0 Å². The lowest BCUT2D eigenvalue weighted by Crippen LogP contribution is -2.59. The molecule has 9 heteroatoms. The average Bonchev–Trinajstić information content (AvgIpc) is 2.85. The number of nitrogens with zero attached hydrogens (tertiary/aromatic N) is 2. The zero-order chi connectivity index (χ0) is 25.1. The minimum atomic E-state index is -0.889. The predicted octanol–water partition coefficient (Wildman–Crippen LogP) is 2.67. The molecule has 2 heterocycles. The molecular weight excluding hydrogens is 448 g/mol. The highest BCUT2D eigenvalue weighted by Gasteiger charge is 2.45. The summed E-state index contributed by atoms with van der Waals surface area (Å²) in [6.45, 7) is 4.06. The number of fused-ring (bicyclic) bond motifs is 2. The summed E-state index contributed by atoms with van der Waals surface area (Å²) in [6, 6.07) is 6.88. The Balaban J connectivity index is 1.61. The zero-order valence-corrected chi connectivity index (χ0v) is 20.3. The molecule has 2 aliphatic rings. The van der Waals surface area contributed by atoms with Crippen LogP contribution in [0.25, 0.3) is 10.9 Å². The fourth-order valence-electron chi connectivity index (χ4n) is 5.46. The number of hydrogen-bond acceptors (Lipinski definition) is 6. The van der Waals surface area contributed by atoms with Gasteiger partial charge in [0.05, 0.1) is 17.3 Å². The first-order valence-corrected chi connectivity index (χ1v) is 12.5. The number of carbonyl (C=O) groups excluding carboxylic acids is 2. The zero-order valence-electron chi connectivity index (χ0n) is 20.3. The summed E-state index contributed by atoms with van der Waals surface area (Å²) >= 11 is 0. The van der Waals surface area contributed by atoms with E-state index >= 15 is 0 Å². The second-order valence-corrected chi connectivity index (χ2v) is 9.63. The van der Waals surface area contributed by atoms with Gasteiger partial charge in [-0.1, -0.05) is 44.7 Å². The van der Waals surface area contributed by atoms with Crippen LogP contribution in [0, 0.1) is 11.8 Å². The number of aryl methyl sites for hydroxylation is 1. The van der Waals surface area contributed by atoms with Crippen LogP contribution in [0.15, 0.2) is 34.2 Å². The van der Waals surface area contributed by atoms with Crippen molar-refractivity contribution in [2.75, 3.05) is 0 Å². The third kappa shape index (κ3) is 4.82. The Bertz CT molecular complexity index is 1200. The van der Waals surface area contributed by atoms with Crippen molar-refractivity contribution in [3.05, 3.63) is 40.2 Å². The number of aromatic hydroxyl groups is 1. The molecule has 1 saturated carbocycles. The number of piperidine rings is 1. The van der Waals surface area contributed by atoms with E-state index in [1.54, 1.807) is 31.2 Å². The minimum absolute atomic E-state index is 0.0365. The molecule has 2 fully saturated rings. The van der Waals surface area contributed by atoms with Crippen LogP contribution in [0.1, 0.15) is 69.2 Å². The number of rotatable bonds is 7. The van der Waals surface area contributed by atoms with E-state index in [2.05, 4.69) is 22.8 Å². The van der Waals surface area contributed by atoms with E-state index < -0.39 is 34.8 Å². The van der Waals surface area contributed by atoms with E-state index in [9.17, 15) is 24.6 Å². The predicted molar refractivity (Wildman–Crippen MR) is 133 cm³/mol. The molecule has 0 bridgehead atoms. The Morgan fingerprint density at radius 1 is 1.20 bits per heavy atom. The van der Waals surface area contributed by atoms with Crippen LogP contribution in [-0.4, -0.2) is 44.5 Å². The number of carbonyl (C=O) groups is 2. The molecule has 4 unspecified atom stereocenters. The summed E-state index contributed by atoms with van der Waals surface area (Å²) in [5.74, 6) is -2.51. The molecule has 1 aliphatic heterocycles. The number of hydrazone groups is 1. The Morgan fingerprint density at radius 3 is 2.71 bits per heavy atom. The Morgan fingerprint density at radius 2 is 1.94 bits per heavy atom. The van der Waals surface area contributed by atoms with Crippen molar-refractivity contribution >= 4 is 28.4 Å². The Kier molecular flexibility index (Phi) is 7.54. The van der Waals surface area contributed by atoms with Gasteiger partial charge in [0.25, 0.3) is 11.5 Å². The van der Waals surface area contributed by atoms with Crippen molar-refractivity contribution in [1.82, 2.24) is 15.3 Å². The highest BCUT2D eigenvalue weighted by Crippen LogP contribution is 2.34. The van der Waals surface area contributed by atoms with Crippen molar-refractivity contribution in [3.8, 4) is 5.75 Å². The summed E-state index contributed by atoms with van der Waals surface area (Å²) in [5, 5.41) is 29.1. The standard InChI is InChI=1S/C26H34N4O5/c1-3-4-9-14-30-19-13-8-6-11-17(19)23(32)21(26(30)35)25(34)29-28-15(2)20-22(31)16-10-5-7-12-18(16)27-24(20)33/h6,8,11,13,16,18,20,22,31-32H,3-5,7,9-10,12,14H2,1-2H3,(H,27,33)(H,29,34)/b28-15-. The number of hydrogen-bond donors (Lipinski definition) is 4. The van der Waals surface area contributed by atoms with Crippen LogP contribution < -0.4 is 16.3 Å². The molecule has 188 valence electrons. The molecule has 1 aromatic carbocycles. The van der Waals surface area contributed by atoms with Crippen molar-refractivity contribution in [2.24, 2.45) is 16.9 Å². The van der Waals surface area contributed by atoms with Crippen LogP contribution >= 0.6 is 0 Å². The summed E-state index contributed by atoms with van der Waals surface area (Å²) in [5.41, 5.74) is 2.16. The highest BCUT2D eigenvalue weighted by atomic mass is 16.3. The van der Waals surface area contributed by atoms with Gasteiger partial charge in [-0.15, -0.1) is 0 Å². The largest absolute Gasteiger partial charge is 0.506 e. The quantitative estimate of drug-likeness (QED) is 0.274. The fourth-order valence-corrected chi connectivity index (χ4v) is 5.46. The van der Waals surface area contributed by atoms with Crippen molar-refractivity contribution in [2.45, 2.75) is 77.5 Å². The van der Waals surface area contributed by atoms with Gasteiger partial charge in [-0.05, 0) is 38.3 Å². The molecule has 2 amide bonds. The van der Waals surface area contributed by atoms with Crippen molar-refractivity contribution in [3.63, 3.8) is 0 Å². The first-order chi connectivity index (χ1) is 16.8. The van der Waals surface area contributed by atoms with E-state index in [1.165, 1.54) is 4.57 Å². The molecule has 2 aromatic rings. The molecule has 1 saturated heterocycles. The smallest absolute Gasteiger partial charge is 0.280 e. The lowest BCUT2D eigenvalue weighted by molar-refractivity contribution is -0.134. The molecule has 4 N–H and O–H groups in total. The maximum absolute atomic E-state index is 13.2. The average molecular weight is 483 g/mol. The van der Waals surface area contributed by atoms with E-state index in [1.807, 2.05) is 0 Å². The summed E-state index contributed by atoms with van der Waals surface area (Å²) in [6.07, 6.45) is 5.48. The summed E-state index contributed by atoms with van der Waals surface area (Å²) in [4.78, 5) is 39.0. The molecule has 1 aromatic heterocycles. The van der Waals surface area contributed by atoms with E-state index in [0.717, 1.165) is 44.9 Å². The second-order valence-electron chi connectivity index (χ2n) is 9.63. The maximum atomic E-state index is 13.2. The second kappa shape index (κ2) is 10.6. The molecule has 35 heavy (non-hydrogen) atoms. The maximum Gasteiger partial charge on any atom is 0.280 e. The number of aromatic nitrogens is 1. The fraction of sp³-hybridized carbons (Fsp3) is 0.538. The minimum Gasteiger partial charge on any atom is -0.506 e. The number of nitrogens with one attached hydrogen (secondary N) is 2. The van der Waals surface area contributed by atoms with Gasteiger partial charge in [0, 0.05) is 23.9 Å². The van der Waals surface area contributed by atoms with Gasteiger partial charge >= 0.3 is 0 Å². The molecule has 1 aliphatic carbocycles. The number of aliphatic hydroxyl groups excluding tert-OH is 1. The number of amides is 2. The van der Waals surface area contributed by atoms with Crippen LogP contribution in [-0.2, 0) is 11.3 Å². The Hall–Kier alpha value is -3.20. The van der Waals surface area contributed by atoms with Gasteiger partial charge in [0.2, 0.25) is 5.91 Å². The number of benzene rings is 1. The van der Waals surface area contributed by atoms with Gasteiger partial charge < -0.3 is 20.1 Å². The van der Waals surface area contributed by atoms with E-state index in [-0.39, 0.29) is 23.6 Å². The highest BCUT2D eigenvalue weighted by molar-refractivity contribution is 6.06. The summed E-state index contributed by atoms with van der Waals surface area (Å²) in [7, 11) is 0. The summed E-state index contributed by atoms with van der Waals surface area (Å²) < 4.78 is 1.51. The molecule has 9 nitrogen and oxygen atoms in total. The first kappa shape index (κ1) is 24.9. The van der Waals surface area contributed by atoms with Crippen molar-refractivity contribution < 1.29 is 19.8 Å². The van der Waals surface area contributed by atoms with Gasteiger partial charge in [-0.25, -0.2) is 5.43 Å². The molecular formula is C26H34N4O5. The third-order valence-electron chi connectivity index (χ3n) is 7.35. The Labute approximate surface area is 204 Å². The van der Waals surface area contributed by atoms with Gasteiger partial charge in [-0.3, -0.25) is 14.4 Å². The SMILES string of the molecule is CCCCCn1c(=O)c(C(=O)N/N=C(/C)C2C(=O)NC3CCCCC3C2O)c(O)c2ccccc21. The molecule has 0 radical (unpaired) electrons. The van der Waals surface area contributed by atoms with Gasteiger partial charge in [-0.2, -0.15) is 5.10 Å². The van der Waals surface area contributed by atoms with E-state index in [0.29, 0.717) is 17.4 Å². The first-order valence-electron chi connectivity index (χ1n) is 12.5. The third-order valence-corrected chi connectivity index (χ3v) is 7.35. The molecule has 4 atom stereocenters. The molecule has 4 rings (SSSR count). The van der Waals surface area contributed by atoms with Crippen LogP contribution in [0.5, 0.6) is 5.75 Å². The number of unbranched alkanes of at least 4 members (excludes halogenated alkanes) is 2. The van der Waals surface area contributed by atoms with Crippen LogP contribution in [0.3, 0.4) is 0 Å².